The molecule has 5 rings (SSSR count). The number of ether oxygens (including phenoxy) is 1. The van der Waals surface area contributed by atoms with Crippen molar-refractivity contribution in [2.45, 2.75) is 90.2 Å². The lowest BCUT2D eigenvalue weighted by atomic mass is 9.74. The van der Waals surface area contributed by atoms with Crippen LogP contribution in [0.15, 0.2) is 36.5 Å². The summed E-state index contributed by atoms with van der Waals surface area (Å²) in [5.41, 5.74) is 0.838. The van der Waals surface area contributed by atoms with Crippen molar-refractivity contribution in [1.29, 1.82) is 0 Å². The number of nitrogens with zero attached hydrogens (tertiary/aromatic N) is 5. The molecule has 1 saturated heterocycles. The molecule has 1 atom stereocenters. The Labute approximate surface area is 252 Å². The van der Waals surface area contributed by atoms with E-state index in [9.17, 15) is 18.4 Å². The number of likely N-dealkylation sites (tertiary alicyclic amines) is 1. The quantitative estimate of drug-likeness (QED) is 0.418. The maximum Gasteiger partial charge on any atom is 0.222 e. The van der Waals surface area contributed by atoms with Crippen molar-refractivity contribution in [3.8, 4) is 0 Å². The molecule has 0 bridgehead atoms. The molecule has 1 aromatic carbocycles. The highest BCUT2D eigenvalue weighted by Gasteiger charge is 2.35. The minimum absolute atomic E-state index is 0.0575. The van der Waals surface area contributed by atoms with E-state index in [1.54, 1.807) is 32.4 Å². The van der Waals surface area contributed by atoms with Gasteiger partial charge in [0.15, 0.2) is 17.5 Å². The Morgan fingerprint density at radius 1 is 1.09 bits per heavy atom. The number of amides is 2. The first-order valence-corrected chi connectivity index (χ1v) is 14.8. The predicted molar refractivity (Wildman–Crippen MR) is 159 cm³/mol. The third kappa shape index (κ3) is 7.26. The molecule has 2 aliphatic heterocycles. The lowest BCUT2D eigenvalue weighted by Gasteiger charge is -2.40. The Bertz CT molecular complexity index is 1450. The van der Waals surface area contributed by atoms with Gasteiger partial charge in [0.2, 0.25) is 11.8 Å². The molecule has 0 aliphatic carbocycles. The van der Waals surface area contributed by atoms with Gasteiger partial charge in [-0.2, -0.15) is 0 Å². The van der Waals surface area contributed by atoms with Crippen molar-refractivity contribution in [1.82, 2.24) is 24.6 Å². The number of methoxy groups -OCH3 is 1. The van der Waals surface area contributed by atoms with Gasteiger partial charge in [0.25, 0.3) is 0 Å². The number of carbonyl (C=O) groups is 2. The van der Waals surface area contributed by atoms with Gasteiger partial charge in [0.1, 0.15) is 17.2 Å². The molecule has 11 heteroatoms. The molecule has 0 radical (unpaired) electrons. The van der Waals surface area contributed by atoms with Crippen LogP contribution in [0.1, 0.15) is 89.0 Å². The molecular formula is C32H42F2N6O3. The van der Waals surface area contributed by atoms with Crippen molar-refractivity contribution in [2.75, 3.05) is 25.5 Å². The van der Waals surface area contributed by atoms with Crippen molar-refractivity contribution in [3.63, 3.8) is 0 Å². The standard InChI is InChI=1S/C17H21F2N3O.C15H21N3O2/c1-17(2,23-3)16-21-20-14-9-4-6-11(10-22(14)16)12-7-5-8-13(18)15(12)19;1-11(19)17-14-13(5-4-8-16-14)15(3)6-9-18(10-7-15)12(2)20/h5,7-8,11H,4,6,9-10H2,1-3H3;4-5,8H,6-7,9-10H2,1-3H3,(H,16,17,19). The number of aryl methyl sites for hydroxylation is 1. The number of halogens is 2. The molecule has 9 nitrogen and oxygen atoms in total. The first-order valence-electron chi connectivity index (χ1n) is 14.8. The van der Waals surface area contributed by atoms with Crippen LogP contribution in [-0.2, 0) is 38.3 Å². The Kier molecular flexibility index (Phi) is 9.94. The average Bonchev–Trinajstić information content (AvgIpc) is 3.26. The van der Waals surface area contributed by atoms with Gasteiger partial charge in [-0.3, -0.25) is 9.59 Å². The minimum atomic E-state index is -0.798. The third-order valence-corrected chi connectivity index (χ3v) is 8.72. The lowest BCUT2D eigenvalue weighted by Crippen LogP contribution is -2.43. The van der Waals surface area contributed by atoms with E-state index in [1.165, 1.54) is 6.92 Å². The van der Waals surface area contributed by atoms with Gasteiger partial charge in [0.05, 0.1) is 0 Å². The fourth-order valence-corrected chi connectivity index (χ4v) is 5.90. The molecule has 0 saturated carbocycles. The normalized spacial score (nSPS) is 18.1. The smallest absolute Gasteiger partial charge is 0.222 e. The number of carbonyl (C=O) groups excluding carboxylic acids is 2. The van der Waals surface area contributed by atoms with Gasteiger partial charge in [-0.15, -0.1) is 10.2 Å². The molecule has 2 aromatic heterocycles. The van der Waals surface area contributed by atoms with Gasteiger partial charge in [-0.25, -0.2) is 13.8 Å². The van der Waals surface area contributed by atoms with Crippen molar-refractivity contribution in [3.05, 3.63) is 70.9 Å². The molecule has 2 amide bonds. The fraction of sp³-hybridized carbons (Fsp3) is 0.531. The molecule has 1 N–H and O–H groups in total. The Hall–Kier alpha value is -3.73. The van der Waals surface area contributed by atoms with Crippen LogP contribution in [0.5, 0.6) is 0 Å². The second kappa shape index (κ2) is 13.3. The second-order valence-corrected chi connectivity index (χ2v) is 12.1. The number of benzene rings is 1. The lowest BCUT2D eigenvalue weighted by molar-refractivity contribution is -0.130. The molecule has 1 unspecified atom stereocenters. The second-order valence-electron chi connectivity index (χ2n) is 12.1. The first kappa shape index (κ1) is 32.2. The molecular weight excluding hydrogens is 554 g/mol. The summed E-state index contributed by atoms with van der Waals surface area (Å²) >= 11 is 0. The number of anilines is 1. The summed E-state index contributed by atoms with van der Waals surface area (Å²) in [5, 5.41) is 11.3. The first-order chi connectivity index (χ1) is 20.4. The van der Waals surface area contributed by atoms with E-state index in [-0.39, 0.29) is 23.1 Å². The predicted octanol–water partition coefficient (Wildman–Crippen LogP) is 5.50. The van der Waals surface area contributed by atoms with Crippen molar-refractivity contribution >= 4 is 17.6 Å². The maximum atomic E-state index is 14.2. The maximum absolute atomic E-state index is 14.2. The fourth-order valence-electron chi connectivity index (χ4n) is 5.90. The third-order valence-electron chi connectivity index (χ3n) is 8.72. The van der Waals surface area contributed by atoms with Gasteiger partial charge in [-0.05, 0) is 62.6 Å². The van der Waals surface area contributed by atoms with E-state index in [1.807, 2.05) is 35.4 Å². The highest BCUT2D eigenvalue weighted by Crippen LogP contribution is 2.38. The Balaban J connectivity index is 0.000000199. The summed E-state index contributed by atoms with van der Waals surface area (Å²) in [5.74, 6) is 0.598. The van der Waals surface area contributed by atoms with Crippen molar-refractivity contribution < 1.29 is 23.1 Å². The molecule has 1 fully saturated rings. The summed E-state index contributed by atoms with van der Waals surface area (Å²) in [7, 11) is 1.63. The number of pyridine rings is 1. The number of hydrogen-bond donors (Lipinski definition) is 1. The average molecular weight is 597 g/mol. The molecule has 3 aromatic rings. The summed E-state index contributed by atoms with van der Waals surface area (Å²) in [6.45, 7) is 11.1. The van der Waals surface area contributed by atoms with Gasteiger partial charge < -0.3 is 19.5 Å². The van der Waals surface area contributed by atoms with Gasteiger partial charge in [-0.1, -0.05) is 25.1 Å². The Morgan fingerprint density at radius 3 is 2.47 bits per heavy atom. The zero-order valence-corrected chi connectivity index (χ0v) is 25.9. The van der Waals surface area contributed by atoms with E-state index in [0.717, 1.165) is 68.5 Å². The van der Waals surface area contributed by atoms with Crippen LogP contribution in [0.2, 0.25) is 0 Å². The van der Waals surface area contributed by atoms with E-state index < -0.39 is 17.2 Å². The van der Waals surface area contributed by atoms with Gasteiger partial charge in [0, 0.05) is 64.7 Å². The largest absolute Gasteiger partial charge is 0.371 e. The van der Waals surface area contributed by atoms with E-state index in [4.69, 9.17) is 4.74 Å². The summed E-state index contributed by atoms with van der Waals surface area (Å²) in [4.78, 5) is 28.9. The van der Waals surface area contributed by atoms with Crippen LogP contribution in [0, 0.1) is 11.6 Å². The number of rotatable bonds is 5. The number of nitrogens with one attached hydrogen (secondary N) is 1. The van der Waals surface area contributed by atoms with E-state index >= 15 is 0 Å². The molecule has 2 aliphatic rings. The number of piperidine rings is 1. The van der Waals surface area contributed by atoms with Crippen LogP contribution in [0.4, 0.5) is 14.6 Å². The van der Waals surface area contributed by atoms with Gasteiger partial charge >= 0.3 is 0 Å². The molecule has 232 valence electrons. The SMILES string of the molecule is CC(=O)Nc1ncccc1C1(C)CCN(C(C)=O)CC1.COC(C)(C)c1nnc2n1CC(c1cccc(F)c1F)CCC2. The molecule has 43 heavy (non-hydrogen) atoms. The summed E-state index contributed by atoms with van der Waals surface area (Å²) < 4.78 is 35.3. The number of fused-ring (bicyclic) bond motifs is 1. The van der Waals surface area contributed by atoms with E-state index in [0.29, 0.717) is 17.9 Å². The van der Waals surface area contributed by atoms with Crippen LogP contribution in [-0.4, -0.2) is 56.7 Å². The van der Waals surface area contributed by atoms with Crippen LogP contribution < -0.4 is 5.32 Å². The van der Waals surface area contributed by atoms with E-state index in [2.05, 4.69) is 27.4 Å². The zero-order chi connectivity index (χ0) is 31.4. The molecule has 4 heterocycles. The van der Waals surface area contributed by atoms with Crippen LogP contribution in [0.25, 0.3) is 0 Å². The summed E-state index contributed by atoms with van der Waals surface area (Å²) in [6, 6.07) is 8.29. The monoisotopic (exact) mass is 596 g/mol. The van der Waals surface area contributed by atoms with Crippen LogP contribution in [0.3, 0.4) is 0 Å². The topological polar surface area (TPSA) is 102 Å². The number of hydrogen-bond acceptors (Lipinski definition) is 6. The zero-order valence-electron chi connectivity index (χ0n) is 25.9. The highest BCUT2D eigenvalue weighted by atomic mass is 19.2. The molecule has 0 spiro atoms. The van der Waals surface area contributed by atoms with Crippen molar-refractivity contribution in [2.24, 2.45) is 0 Å². The summed E-state index contributed by atoms with van der Waals surface area (Å²) in [6.07, 6.45) is 5.88. The van der Waals surface area contributed by atoms with Crippen LogP contribution >= 0.6 is 0 Å². The number of aromatic nitrogens is 4. The minimum Gasteiger partial charge on any atom is -0.371 e. The Morgan fingerprint density at radius 2 is 1.81 bits per heavy atom. The highest BCUT2D eigenvalue weighted by molar-refractivity contribution is 5.88.